The Labute approximate surface area is 67.2 Å². The first-order valence-corrected chi connectivity index (χ1v) is 4.27. The smallest absolute Gasteiger partial charge is 0.188 e. The molecule has 1 saturated heterocycles. The molecule has 0 N–H and O–H groups in total. The summed E-state index contributed by atoms with van der Waals surface area (Å²) in [4.78, 5) is 0. The minimum absolute atomic E-state index is 0.317. The molecule has 1 aliphatic heterocycles. The number of rotatable bonds is 0. The normalized spacial score (nSPS) is 29.0. The minimum Gasteiger partial charge on any atom is -0.344 e. The number of allylic oxidation sites excluding steroid dienone is 1. The fraction of sp³-hybridized carbons (Fsp3) is 0.778. The highest BCUT2D eigenvalue weighted by Gasteiger charge is 2.35. The molecule has 11 heavy (non-hydrogen) atoms. The lowest BCUT2D eigenvalue weighted by Crippen LogP contribution is -2.29. The van der Waals surface area contributed by atoms with E-state index in [0.717, 1.165) is 19.6 Å². The molecule has 1 aliphatic carbocycles. The number of hydrogen-bond donors (Lipinski definition) is 0. The van der Waals surface area contributed by atoms with Crippen molar-refractivity contribution in [1.82, 2.24) is 0 Å². The van der Waals surface area contributed by atoms with E-state index in [0.29, 0.717) is 0 Å². The zero-order chi connectivity index (χ0) is 7.73. The van der Waals surface area contributed by atoms with Crippen LogP contribution in [0.3, 0.4) is 0 Å². The molecule has 0 unspecified atom stereocenters. The van der Waals surface area contributed by atoms with E-state index in [-0.39, 0.29) is 5.79 Å². The summed E-state index contributed by atoms with van der Waals surface area (Å²) in [6, 6.07) is 0. The third kappa shape index (κ3) is 1.33. The Bertz CT molecular complexity index is 178. The van der Waals surface area contributed by atoms with Crippen LogP contribution in [0.15, 0.2) is 11.6 Å². The first-order chi connectivity index (χ1) is 5.31. The molecule has 2 heteroatoms. The second kappa shape index (κ2) is 2.61. The quantitative estimate of drug-likeness (QED) is 0.496. The van der Waals surface area contributed by atoms with Crippen LogP contribution < -0.4 is 0 Å². The van der Waals surface area contributed by atoms with Gasteiger partial charge in [-0.15, -0.1) is 0 Å². The van der Waals surface area contributed by atoms with Gasteiger partial charge in [0.1, 0.15) is 0 Å². The topological polar surface area (TPSA) is 18.5 Å². The summed E-state index contributed by atoms with van der Waals surface area (Å²) in [5.41, 5.74) is 1.40. The fourth-order valence-electron chi connectivity index (χ4n) is 1.83. The van der Waals surface area contributed by atoms with E-state index in [2.05, 4.69) is 13.0 Å². The van der Waals surface area contributed by atoms with Gasteiger partial charge in [0.25, 0.3) is 0 Å². The van der Waals surface area contributed by atoms with Crippen molar-refractivity contribution in [1.29, 1.82) is 0 Å². The molecule has 1 fully saturated rings. The van der Waals surface area contributed by atoms with Crippen molar-refractivity contribution in [3.8, 4) is 0 Å². The van der Waals surface area contributed by atoms with Crippen molar-refractivity contribution in [3.63, 3.8) is 0 Å². The zero-order valence-corrected chi connectivity index (χ0v) is 6.93. The van der Waals surface area contributed by atoms with Gasteiger partial charge < -0.3 is 9.47 Å². The maximum atomic E-state index is 5.55. The maximum absolute atomic E-state index is 5.55. The van der Waals surface area contributed by atoms with Crippen molar-refractivity contribution < 1.29 is 9.47 Å². The van der Waals surface area contributed by atoms with Gasteiger partial charge >= 0.3 is 0 Å². The Morgan fingerprint density at radius 3 is 2.73 bits per heavy atom. The van der Waals surface area contributed by atoms with E-state index in [1.807, 2.05) is 0 Å². The Balaban J connectivity index is 2.17. The Morgan fingerprint density at radius 1 is 1.36 bits per heavy atom. The molecule has 1 heterocycles. The van der Waals surface area contributed by atoms with Crippen molar-refractivity contribution in [2.24, 2.45) is 0 Å². The van der Waals surface area contributed by atoms with Crippen LogP contribution in [0.1, 0.15) is 26.2 Å². The molecule has 0 aromatic rings. The van der Waals surface area contributed by atoms with E-state index in [9.17, 15) is 0 Å². The van der Waals surface area contributed by atoms with E-state index in [1.165, 1.54) is 18.4 Å². The first-order valence-electron chi connectivity index (χ1n) is 4.27. The standard InChI is InChI=1S/C9H14O2/c1-8-3-2-4-9(7-8)10-5-6-11-9/h7H,2-6H2,1H3. The van der Waals surface area contributed by atoms with E-state index in [1.54, 1.807) is 0 Å². The van der Waals surface area contributed by atoms with Crippen LogP contribution in [-0.4, -0.2) is 19.0 Å². The third-order valence-electron chi connectivity index (χ3n) is 2.34. The van der Waals surface area contributed by atoms with E-state index in [4.69, 9.17) is 9.47 Å². The summed E-state index contributed by atoms with van der Waals surface area (Å²) in [5.74, 6) is -0.317. The highest BCUT2D eigenvalue weighted by Crippen LogP contribution is 2.33. The van der Waals surface area contributed by atoms with Gasteiger partial charge in [0.15, 0.2) is 5.79 Å². The highest BCUT2D eigenvalue weighted by atomic mass is 16.7. The van der Waals surface area contributed by atoms with Gasteiger partial charge in [-0.05, 0) is 25.8 Å². The van der Waals surface area contributed by atoms with Gasteiger partial charge in [0.2, 0.25) is 0 Å². The second-order valence-corrected chi connectivity index (χ2v) is 3.35. The average molecular weight is 154 g/mol. The Kier molecular flexibility index (Phi) is 1.74. The van der Waals surface area contributed by atoms with Crippen LogP contribution in [0.5, 0.6) is 0 Å². The van der Waals surface area contributed by atoms with Crippen molar-refractivity contribution in [3.05, 3.63) is 11.6 Å². The van der Waals surface area contributed by atoms with Gasteiger partial charge in [0, 0.05) is 6.42 Å². The van der Waals surface area contributed by atoms with Gasteiger partial charge in [-0.2, -0.15) is 0 Å². The predicted molar refractivity (Wildman–Crippen MR) is 42.2 cm³/mol. The second-order valence-electron chi connectivity index (χ2n) is 3.35. The molecule has 0 atom stereocenters. The molecule has 0 bridgehead atoms. The summed E-state index contributed by atoms with van der Waals surface area (Å²) in [6.45, 7) is 3.65. The summed E-state index contributed by atoms with van der Waals surface area (Å²) in [7, 11) is 0. The van der Waals surface area contributed by atoms with Gasteiger partial charge in [-0.3, -0.25) is 0 Å². The average Bonchev–Trinajstić information content (AvgIpc) is 2.37. The molecule has 0 saturated carbocycles. The lowest BCUT2D eigenvalue weighted by Gasteiger charge is -2.28. The molecule has 2 rings (SSSR count). The number of ether oxygens (including phenoxy) is 2. The van der Waals surface area contributed by atoms with Crippen LogP contribution in [0, 0.1) is 0 Å². The van der Waals surface area contributed by atoms with Gasteiger partial charge in [0.05, 0.1) is 13.2 Å². The molecule has 2 aliphatic rings. The molecule has 0 radical (unpaired) electrons. The molecular weight excluding hydrogens is 140 g/mol. The molecule has 62 valence electrons. The molecular formula is C9H14O2. The first kappa shape index (κ1) is 7.32. The fourth-order valence-corrected chi connectivity index (χ4v) is 1.83. The van der Waals surface area contributed by atoms with E-state index >= 15 is 0 Å². The monoisotopic (exact) mass is 154 g/mol. The summed E-state index contributed by atoms with van der Waals surface area (Å²) in [5, 5.41) is 0. The van der Waals surface area contributed by atoms with Crippen molar-refractivity contribution >= 4 is 0 Å². The van der Waals surface area contributed by atoms with Gasteiger partial charge in [-0.25, -0.2) is 0 Å². The molecule has 1 spiro atoms. The van der Waals surface area contributed by atoms with Crippen molar-refractivity contribution in [2.45, 2.75) is 32.0 Å². The zero-order valence-electron chi connectivity index (χ0n) is 6.93. The highest BCUT2D eigenvalue weighted by molar-refractivity contribution is 5.10. The van der Waals surface area contributed by atoms with E-state index < -0.39 is 0 Å². The maximum Gasteiger partial charge on any atom is 0.188 e. The van der Waals surface area contributed by atoms with Crippen LogP contribution in [0.4, 0.5) is 0 Å². The molecule has 0 amide bonds. The predicted octanol–water partition coefficient (Wildman–Crippen LogP) is 1.86. The minimum atomic E-state index is -0.317. The van der Waals surface area contributed by atoms with Crippen molar-refractivity contribution in [2.75, 3.05) is 13.2 Å². The Morgan fingerprint density at radius 2 is 2.09 bits per heavy atom. The largest absolute Gasteiger partial charge is 0.344 e. The molecule has 0 aromatic carbocycles. The van der Waals surface area contributed by atoms with Crippen LogP contribution in [0.25, 0.3) is 0 Å². The third-order valence-corrected chi connectivity index (χ3v) is 2.34. The lowest BCUT2D eigenvalue weighted by molar-refractivity contribution is -0.125. The van der Waals surface area contributed by atoms with Gasteiger partial charge in [-0.1, -0.05) is 5.57 Å². The lowest BCUT2D eigenvalue weighted by atomic mass is 9.96. The van der Waals surface area contributed by atoms with Crippen LogP contribution in [0.2, 0.25) is 0 Å². The summed E-state index contributed by atoms with van der Waals surface area (Å²) >= 11 is 0. The van der Waals surface area contributed by atoms with Crippen LogP contribution >= 0.6 is 0 Å². The molecule has 2 nitrogen and oxygen atoms in total. The van der Waals surface area contributed by atoms with Crippen LogP contribution in [-0.2, 0) is 9.47 Å². The SMILES string of the molecule is CC1=CC2(CCC1)OCCO2. The number of hydrogen-bond acceptors (Lipinski definition) is 2. The summed E-state index contributed by atoms with van der Waals surface area (Å²) < 4.78 is 11.1. The summed E-state index contributed by atoms with van der Waals surface area (Å²) in [6.07, 6.45) is 5.57. The molecule has 0 aromatic heterocycles. The Hall–Kier alpha value is -0.340.